The molecule has 0 saturated carbocycles. The van der Waals surface area contributed by atoms with E-state index >= 15 is 0 Å². The number of ether oxygens (including phenoxy) is 2. The van der Waals surface area contributed by atoms with Crippen LogP contribution in [0.15, 0.2) is 12.7 Å². The fourth-order valence-corrected chi connectivity index (χ4v) is 6.15. The summed E-state index contributed by atoms with van der Waals surface area (Å²) in [5.41, 5.74) is 6.40. The van der Waals surface area contributed by atoms with Crippen molar-refractivity contribution in [1.82, 2.24) is 14.5 Å². The van der Waals surface area contributed by atoms with E-state index in [9.17, 15) is 39.3 Å². The Labute approximate surface area is 195 Å². The van der Waals surface area contributed by atoms with Crippen LogP contribution < -0.4 is 10.3 Å². The second-order valence-corrected chi connectivity index (χ2v) is 11.1. The SMILES string of the molecule is Nc1c2ncn3c2nc[n+]1[C@@H]1O[C@H](COP(=O)(O)OP(=O)(O)OC[C@H]2O[C@@H]3[C@@H](O)[C@@H]2O)[C@@H](O)[C@H]1O. The quantitative estimate of drug-likeness (QED) is 0.128. The van der Waals surface area contributed by atoms with Gasteiger partial charge in [0.15, 0.2) is 11.7 Å². The van der Waals surface area contributed by atoms with Crippen LogP contribution in [0.1, 0.15) is 12.5 Å². The average molecular weight is 542 g/mol. The monoisotopic (exact) mass is 542 g/mol. The second kappa shape index (κ2) is 8.74. The minimum absolute atomic E-state index is 0.0574. The number of hydrogen-bond donors (Lipinski definition) is 7. The number of imidazole rings is 1. The first-order chi connectivity index (χ1) is 16.4. The van der Waals surface area contributed by atoms with Gasteiger partial charge in [-0.3, -0.25) is 13.6 Å². The fraction of sp³-hybridized carbons (Fsp3) is 0.667. The summed E-state index contributed by atoms with van der Waals surface area (Å²) >= 11 is 0. The summed E-state index contributed by atoms with van der Waals surface area (Å²) in [5.74, 6) is -0.0574. The minimum atomic E-state index is -5.25. The summed E-state index contributed by atoms with van der Waals surface area (Å²) in [6.45, 7) is -1.67. The molecular formula is C15H22N5O13P2+. The van der Waals surface area contributed by atoms with Crippen LogP contribution in [0.3, 0.4) is 0 Å². The van der Waals surface area contributed by atoms with Gasteiger partial charge in [0.2, 0.25) is 18.2 Å². The van der Waals surface area contributed by atoms with Crippen LogP contribution in [-0.4, -0.2) is 94.6 Å². The molecule has 18 nitrogen and oxygen atoms in total. The first kappa shape index (κ1) is 25.0. The van der Waals surface area contributed by atoms with Gasteiger partial charge in [0.05, 0.1) is 13.2 Å². The number of phosphoric ester groups is 2. The van der Waals surface area contributed by atoms with Gasteiger partial charge in [0, 0.05) is 0 Å². The van der Waals surface area contributed by atoms with Crippen LogP contribution >= 0.6 is 15.6 Å². The van der Waals surface area contributed by atoms with Crippen molar-refractivity contribution in [3.05, 3.63) is 12.7 Å². The molecular weight excluding hydrogens is 520 g/mol. The lowest BCUT2D eigenvalue weighted by Crippen LogP contribution is -2.48. The lowest BCUT2D eigenvalue weighted by atomic mass is 10.1. The van der Waals surface area contributed by atoms with Crippen LogP contribution in [0.25, 0.3) is 11.2 Å². The summed E-state index contributed by atoms with van der Waals surface area (Å²) in [7, 11) is -10.5. The molecule has 0 spiro atoms. The standard InChI is InChI=1S/C15H21N5O13P2/c16-12-7-13-18-4-19(12)14-10(23)8(21)5(31-14)1-29-34(25,26)33-35(27,28)30-2-6-9(22)11(24)15(32-6)20(13)3-17-7/h3-6,8-11,14-16,21-24H,1-2H2,(H2,25,26,27,28)/p+1/t5-,6-,8-,9-,10-,11+,14-,15-/m1/s1. The van der Waals surface area contributed by atoms with Crippen LogP contribution in [-0.2, 0) is 32.0 Å². The Balaban J connectivity index is 1.57. The highest BCUT2D eigenvalue weighted by Crippen LogP contribution is 2.60. The fourth-order valence-electron chi connectivity index (χ4n) is 4.06. The highest BCUT2D eigenvalue weighted by Gasteiger charge is 2.50. The predicted molar refractivity (Wildman–Crippen MR) is 107 cm³/mol. The lowest BCUT2D eigenvalue weighted by molar-refractivity contribution is -0.755. The third-order valence-corrected chi connectivity index (χ3v) is 8.43. The lowest BCUT2D eigenvalue weighted by Gasteiger charge is -2.20. The maximum atomic E-state index is 12.2. The van der Waals surface area contributed by atoms with Gasteiger partial charge in [-0.15, -0.1) is 0 Å². The van der Waals surface area contributed by atoms with E-state index in [1.54, 1.807) is 0 Å². The Kier molecular flexibility index (Phi) is 6.25. The minimum Gasteiger partial charge on any atom is -0.387 e. The molecule has 2 fully saturated rings. The van der Waals surface area contributed by atoms with Crippen molar-refractivity contribution in [2.45, 2.75) is 49.1 Å². The molecule has 6 heterocycles. The smallest absolute Gasteiger partial charge is 0.387 e. The number of aliphatic hydroxyl groups excluding tert-OH is 4. The number of nitrogen functional groups attached to an aromatic ring is 1. The Morgan fingerprint density at radius 1 is 0.943 bits per heavy atom. The van der Waals surface area contributed by atoms with E-state index in [4.69, 9.17) is 15.2 Å². The maximum absolute atomic E-state index is 12.2. The van der Waals surface area contributed by atoms with Crippen molar-refractivity contribution in [2.75, 3.05) is 18.9 Å². The zero-order chi connectivity index (χ0) is 25.3. The normalized spacial score (nSPS) is 44.6. The molecule has 8 N–H and O–H groups in total. The molecule has 4 aliphatic heterocycles. The molecule has 2 saturated heterocycles. The maximum Gasteiger partial charge on any atom is 0.481 e. The van der Waals surface area contributed by atoms with E-state index < -0.39 is 77.9 Å². The molecule has 0 radical (unpaired) electrons. The van der Waals surface area contributed by atoms with E-state index in [2.05, 4.69) is 23.3 Å². The first-order valence-electron chi connectivity index (χ1n) is 10.1. The molecule has 194 valence electrons. The number of phosphoric acid groups is 2. The number of fused-ring (bicyclic) bond motifs is 7. The molecule has 0 amide bonds. The number of rotatable bonds is 0. The summed E-state index contributed by atoms with van der Waals surface area (Å²) in [6, 6.07) is 0. The Hall–Kier alpha value is -1.63. The molecule has 6 rings (SSSR count). The van der Waals surface area contributed by atoms with E-state index in [1.807, 2.05) is 0 Å². The van der Waals surface area contributed by atoms with Gasteiger partial charge in [-0.2, -0.15) is 4.31 Å². The summed E-state index contributed by atoms with van der Waals surface area (Å²) in [4.78, 5) is 28.0. The molecule has 2 unspecified atom stereocenters. The van der Waals surface area contributed by atoms with Crippen LogP contribution in [0, 0.1) is 0 Å². The largest absolute Gasteiger partial charge is 0.481 e. The number of anilines is 1. The van der Waals surface area contributed by atoms with Gasteiger partial charge in [0.1, 0.15) is 43.0 Å². The zero-order valence-electron chi connectivity index (χ0n) is 17.5. The third kappa shape index (κ3) is 4.40. The van der Waals surface area contributed by atoms with Gasteiger partial charge >= 0.3 is 15.6 Å². The topological polar surface area (TPSA) is 262 Å². The number of hydrogen-bond acceptors (Lipinski definition) is 14. The Morgan fingerprint density at radius 3 is 2.20 bits per heavy atom. The molecule has 35 heavy (non-hydrogen) atoms. The van der Waals surface area contributed by atoms with Crippen molar-refractivity contribution in [2.24, 2.45) is 0 Å². The van der Waals surface area contributed by atoms with Crippen LogP contribution in [0.2, 0.25) is 0 Å². The highest BCUT2D eigenvalue weighted by atomic mass is 31.3. The Bertz CT molecular complexity index is 1230. The summed E-state index contributed by atoms with van der Waals surface area (Å²) < 4.78 is 51.3. The zero-order valence-corrected chi connectivity index (χ0v) is 19.3. The van der Waals surface area contributed by atoms with Crippen molar-refractivity contribution < 1.29 is 66.7 Å². The summed E-state index contributed by atoms with van der Waals surface area (Å²) in [5, 5.41) is 41.6. The number of nitrogens with zero attached hydrogens (tertiary/aromatic N) is 4. The molecule has 2 aromatic rings. The first-order valence-corrected chi connectivity index (χ1v) is 13.1. The van der Waals surface area contributed by atoms with Crippen molar-refractivity contribution in [3.8, 4) is 0 Å². The van der Waals surface area contributed by atoms with Gasteiger partial charge in [0.25, 0.3) is 5.82 Å². The van der Waals surface area contributed by atoms with Gasteiger partial charge in [-0.1, -0.05) is 4.98 Å². The van der Waals surface area contributed by atoms with Gasteiger partial charge < -0.3 is 45.4 Å². The van der Waals surface area contributed by atoms with Crippen molar-refractivity contribution >= 4 is 32.6 Å². The molecule has 10 atom stereocenters. The second-order valence-electron chi connectivity index (χ2n) is 8.06. The van der Waals surface area contributed by atoms with Gasteiger partial charge in [-0.05, 0) is 0 Å². The van der Waals surface area contributed by atoms with E-state index in [0.29, 0.717) is 0 Å². The van der Waals surface area contributed by atoms with Gasteiger partial charge in [-0.25, -0.2) is 18.7 Å². The highest BCUT2D eigenvalue weighted by molar-refractivity contribution is 7.61. The van der Waals surface area contributed by atoms with Crippen molar-refractivity contribution in [3.63, 3.8) is 0 Å². The predicted octanol–water partition coefficient (Wildman–Crippen LogP) is -3.20. The number of aliphatic hydroxyl groups is 4. The summed E-state index contributed by atoms with van der Waals surface area (Å²) in [6.07, 6.45) is -9.37. The number of aromatic nitrogens is 4. The van der Waals surface area contributed by atoms with E-state index in [-0.39, 0.29) is 17.0 Å². The van der Waals surface area contributed by atoms with E-state index in [1.165, 1.54) is 17.2 Å². The molecule has 4 aliphatic rings. The molecule has 20 heteroatoms. The van der Waals surface area contributed by atoms with Crippen LogP contribution in [0.5, 0.6) is 0 Å². The molecule has 0 aromatic carbocycles. The Morgan fingerprint density at radius 2 is 1.54 bits per heavy atom. The molecule has 2 aromatic heterocycles. The molecule has 8 bridgehead atoms. The van der Waals surface area contributed by atoms with E-state index in [0.717, 1.165) is 4.57 Å². The average Bonchev–Trinajstić information content (AvgIpc) is 3.41. The third-order valence-electron chi connectivity index (χ3n) is 5.83. The number of nitrogens with two attached hydrogens (primary N) is 1. The van der Waals surface area contributed by atoms with Crippen LogP contribution in [0.4, 0.5) is 5.82 Å². The molecule has 0 aliphatic carbocycles. The van der Waals surface area contributed by atoms with Crippen molar-refractivity contribution in [1.29, 1.82) is 0 Å².